The number of amides is 1. The average molecular weight is 392 g/mol. The van der Waals surface area contributed by atoms with Crippen molar-refractivity contribution in [2.75, 3.05) is 24.9 Å². The average Bonchev–Trinajstić information content (AvgIpc) is 2.64. The van der Waals surface area contributed by atoms with Crippen molar-refractivity contribution >= 4 is 40.5 Å². The predicted octanol–water partition coefficient (Wildman–Crippen LogP) is 4.47. The van der Waals surface area contributed by atoms with Crippen LogP contribution in [0, 0.1) is 11.3 Å². The Balaban J connectivity index is 2.20. The fourth-order valence-electron chi connectivity index (χ4n) is 2.01. The van der Waals surface area contributed by atoms with Gasteiger partial charge < -0.3 is 20.1 Å². The van der Waals surface area contributed by atoms with E-state index in [1.165, 1.54) is 26.5 Å². The fourth-order valence-corrected chi connectivity index (χ4v) is 2.46. The maximum absolute atomic E-state index is 12.3. The summed E-state index contributed by atoms with van der Waals surface area (Å²) >= 11 is 11.8. The maximum Gasteiger partial charge on any atom is 0.267 e. The van der Waals surface area contributed by atoms with Crippen molar-refractivity contribution in [2.24, 2.45) is 0 Å². The molecule has 0 aliphatic heterocycles. The van der Waals surface area contributed by atoms with E-state index in [4.69, 9.17) is 32.7 Å². The second-order valence-electron chi connectivity index (χ2n) is 4.96. The number of rotatable bonds is 6. The molecule has 0 atom stereocenters. The Morgan fingerprint density at radius 1 is 1.12 bits per heavy atom. The summed E-state index contributed by atoms with van der Waals surface area (Å²) in [6, 6.07) is 11.6. The Morgan fingerprint density at radius 3 is 2.50 bits per heavy atom. The fraction of sp³-hybridized carbons (Fsp3) is 0.111. The summed E-state index contributed by atoms with van der Waals surface area (Å²) in [6.45, 7) is 0. The highest BCUT2D eigenvalue weighted by Crippen LogP contribution is 2.29. The molecule has 26 heavy (non-hydrogen) atoms. The lowest BCUT2D eigenvalue weighted by molar-refractivity contribution is -0.112. The molecule has 2 rings (SSSR count). The standard InChI is InChI=1S/C18H15Cl2N3O3/c1-25-13-4-6-17(26-2)16(8-13)22-10-11(9-21)18(24)23-15-5-3-12(19)7-14(15)20/h3-8,10,22H,1-2H3,(H,23,24)/b11-10-. The third kappa shape index (κ3) is 4.82. The summed E-state index contributed by atoms with van der Waals surface area (Å²) in [5.41, 5.74) is 0.735. The molecule has 0 saturated carbocycles. The number of anilines is 2. The first kappa shape index (κ1) is 19.4. The van der Waals surface area contributed by atoms with Crippen molar-refractivity contribution in [1.29, 1.82) is 5.26 Å². The van der Waals surface area contributed by atoms with Gasteiger partial charge in [-0.2, -0.15) is 5.26 Å². The molecule has 0 spiro atoms. The van der Waals surface area contributed by atoms with Crippen LogP contribution >= 0.6 is 23.2 Å². The van der Waals surface area contributed by atoms with Crippen LogP contribution in [-0.2, 0) is 4.79 Å². The van der Waals surface area contributed by atoms with Crippen molar-refractivity contribution in [3.8, 4) is 17.6 Å². The molecule has 8 heteroatoms. The molecule has 0 aliphatic rings. The van der Waals surface area contributed by atoms with Gasteiger partial charge in [0.2, 0.25) is 0 Å². The van der Waals surface area contributed by atoms with Crippen LogP contribution in [0.5, 0.6) is 11.5 Å². The van der Waals surface area contributed by atoms with E-state index >= 15 is 0 Å². The minimum atomic E-state index is -0.619. The quantitative estimate of drug-likeness (QED) is 0.560. The van der Waals surface area contributed by atoms with Crippen molar-refractivity contribution in [1.82, 2.24) is 0 Å². The first-order valence-electron chi connectivity index (χ1n) is 7.33. The molecule has 0 heterocycles. The zero-order valence-electron chi connectivity index (χ0n) is 14.0. The summed E-state index contributed by atoms with van der Waals surface area (Å²) in [5.74, 6) is 0.504. The first-order chi connectivity index (χ1) is 12.5. The van der Waals surface area contributed by atoms with Gasteiger partial charge in [-0.05, 0) is 30.3 Å². The number of ether oxygens (including phenoxy) is 2. The lowest BCUT2D eigenvalue weighted by Gasteiger charge is -2.11. The summed E-state index contributed by atoms with van der Waals surface area (Å²) in [4.78, 5) is 12.3. The molecule has 134 valence electrons. The lowest BCUT2D eigenvalue weighted by Crippen LogP contribution is -2.15. The van der Waals surface area contributed by atoms with Crippen molar-refractivity contribution in [3.63, 3.8) is 0 Å². The van der Waals surface area contributed by atoms with Crippen LogP contribution in [0.1, 0.15) is 0 Å². The molecule has 0 fully saturated rings. The monoisotopic (exact) mass is 391 g/mol. The van der Waals surface area contributed by atoms with Gasteiger partial charge in [-0.25, -0.2) is 0 Å². The molecular weight excluding hydrogens is 377 g/mol. The molecule has 6 nitrogen and oxygen atoms in total. The van der Waals surface area contributed by atoms with Crippen molar-refractivity contribution in [2.45, 2.75) is 0 Å². The van der Waals surface area contributed by atoms with Crippen LogP contribution in [0.15, 0.2) is 48.2 Å². The van der Waals surface area contributed by atoms with Gasteiger partial charge in [0.05, 0.1) is 30.6 Å². The number of methoxy groups -OCH3 is 2. The molecule has 0 aliphatic carbocycles. The number of benzene rings is 2. The SMILES string of the molecule is COc1ccc(OC)c(N/C=C(/C#N)C(=O)Nc2ccc(Cl)cc2Cl)c1. The lowest BCUT2D eigenvalue weighted by atomic mass is 10.2. The molecule has 0 unspecified atom stereocenters. The Labute approximate surface area is 160 Å². The zero-order chi connectivity index (χ0) is 19.1. The van der Waals surface area contributed by atoms with E-state index in [0.717, 1.165) is 0 Å². The van der Waals surface area contributed by atoms with Crippen LogP contribution in [0.3, 0.4) is 0 Å². The molecular formula is C18H15Cl2N3O3. The van der Waals surface area contributed by atoms with Crippen LogP contribution in [0.25, 0.3) is 0 Å². The number of nitrogens with one attached hydrogen (secondary N) is 2. The highest BCUT2D eigenvalue weighted by Gasteiger charge is 2.12. The third-order valence-corrected chi connectivity index (χ3v) is 3.87. The van der Waals surface area contributed by atoms with E-state index in [1.54, 1.807) is 30.3 Å². The maximum atomic E-state index is 12.3. The van der Waals surface area contributed by atoms with Crippen molar-refractivity contribution in [3.05, 3.63) is 58.2 Å². The number of carbonyl (C=O) groups excluding carboxylic acids is 1. The molecule has 0 aromatic heterocycles. The smallest absolute Gasteiger partial charge is 0.267 e. The minimum Gasteiger partial charge on any atom is -0.497 e. The molecule has 2 aromatic rings. The normalized spacial score (nSPS) is 10.7. The van der Waals surface area contributed by atoms with E-state index < -0.39 is 5.91 Å². The van der Waals surface area contributed by atoms with Gasteiger partial charge >= 0.3 is 0 Å². The van der Waals surface area contributed by atoms with Crippen LogP contribution in [0.4, 0.5) is 11.4 Å². The van der Waals surface area contributed by atoms with Gasteiger partial charge in [-0.1, -0.05) is 23.2 Å². The molecule has 0 radical (unpaired) electrons. The second kappa shape index (κ2) is 8.99. The van der Waals surface area contributed by atoms with Crippen molar-refractivity contribution < 1.29 is 14.3 Å². The number of halogens is 2. The van der Waals surface area contributed by atoms with Gasteiger partial charge in [0.1, 0.15) is 23.1 Å². The van der Waals surface area contributed by atoms with E-state index in [9.17, 15) is 10.1 Å². The molecule has 2 N–H and O–H groups in total. The Kier molecular flexibility index (Phi) is 6.73. The highest BCUT2D eigenvalue weighted by atomic mass is 35.5. The number of hydrogen-bond acceptors (Lipinski definition) is 5. The molecule has 1 amide bonds. The Morgan fingerprint density at radius 2 is 1.88 bits per heavy atom. The summed E-state index contributed by atoms with van der Waals surface area (Å²) in [7, 11) is 3.04. The largest absolute Gasteiger partial charge is 0.497 e. The number of hydrogen-bond donors (Lipinski definition) is 2. The third-order valence-electron chi connectivity index (χ3n) is 3.32. The van der Waals surface area contributed by atoms with E-state index in [1.807, 2.05) is 6.07 Å². The van der Waals surface area contributed by atoms with Gasteiger partial charge in [0.25, 0.3) is 5.91 Å². The van der Waals surface area contributed by atoms with Gasteiger partial charge in [-0.15, -0.1) is 0 Å². The minimum absolute atomic E-state index is 0.152. The summed E-state index contributed by atoms with van der Waals surface area (Å²) in [5, 5.41) is 15.4. The van der Waals surface area contributed by atoms with Crippen LogP contribution in [0.2, 0.25) is 10.0 Å². The molecule has 2 aromatic carbocycles. The van der Waals surface area contributed by atoms with Gasteiger partial charge in [0, 0.05) is 17.3 Å². The second-order valence-corrected chi connectivity index (χ2v) is 5.80. The van der Waals surface area contributed by atoms with Crippen LogP contribution in [-0.4, -0.2) is 20.1 Å². The van der Waals surface area contributed by atoms with Gasteiger partial charge in [0.15, 0.2) is 0 Å². The number of nitrogens with zero attached hydrogens (tertiary/aromatic N) is 1. The highest BCUT2D eigenvalue weighted by molar-refractivity contribution is 6.36. The van der Waals surface area contributed by atoms with Gasteiger partial charge in [-0.3, -0.25) is 4.79 Å². The first-order valence-corrected chi connectivity index (χ1v) is 8.09. The van der Waals surface area contributed by atoms with E-state index in [2.05, 4.69) is 10.6 Å². The summed E-state index contributed by atoms with van der Waals surface area (Å²) < 4.78 is 10.4. The molecule has 0 saturated heterocycles. The number of nitriles is 1. The number of carbonyl (C=O) groups is 1. The van der Waals surface area contributed by atoms with E-state index in [-0.39, 0.29) is 10.6 Å². The topological polar surface area (TPSA) is 83.4 Å². The predicted molar refractivity (Wildman–Crippen MR) is 102 cm³/mol. The molecule has 0 bridgehead atoms. The Hall–Kier alpha value is -2.88. The Bertz CT molecular complexity index is 892. The summed E-state index contributed by atoms with van der Waals surface area (Å²) in [6.07, 6.45) is 1.27. The zero-order valence-corrected chi connectivity index (χ0v) is 15.5. The van der Waals surface area contributed by atoms with E-state index in [0.29, 0.717) is 27.9 Å². The van der Waals surface area contributed by atoms with Crippen LogP contribution < -0.4 is 20.1 Å².